The molecular weight excluding hydrogens is 354 g/mol. The maximum Gasteiger partial charge on any atom is 0.222 e. The zero-order chi connectivity index (χ0) is 19.6. The lowest BCUT2D eigenvalue weighted by Crippen LogP contribution is -2.43. The fraction of sp³-hybridized carbons (Fsp3) is 0.600. The molecule has 2 rings (SSSR count). The van der Waals surface area contributed by atoms with Gasteiger partial charge in [0.15, 0.2) is 11.6 Å². The Morgan fingerprint density at radius 1 is 1.30 bits per heavy atom. The third kappa shape index (κ3) is 7.15. The zero-order valence-electron chi connectivity index (χ0n) is 15.8. The van der Waals surface area contributed by atoms with E-state index in [2.05, 4.69) is 5.32 Å². The van der Waals surface area contributed by atoms with E-state index in [1.807, 2.05) is 11.8 Å². The van der Waals surface area contributed by atoms with Crippen LogP contribution in [0.5, 0.6) is 5.75 Å². The summed E-state index contributed by atoms with van der Waals surface area (Å²) in [7, 11) is 0. The summed E-state index contributed by atoms with van der Waals surface area (Å²) in [6, 6.07) is 3.15. The van der Waals surface area contributed by atoms with E-state index in [1.54, 1.807) is 0 Å². The number of rotatable bonds is 9. The van der Waals surface area contributed by atoms with Crippen molar-refractivity contribution < 1.29 is 23.1 Å². The molecule has 1 aromatic rings. The van der Waals surface area contributed by atoms with Crippen molar-refractivity contribution in [1.29, 1.82) is 0 Å². The van der Waals surface area contributed by atoms with Gasteiger partial charge in [-0.2, -0.15) is 0 Å². The van der Waals surface area contributed by atoms with Gasteiger partial charge in [-0.05, 0) is 43.7 Å². The maximum atomic E-state index is 13.5. The number of piperidine rings is 1. The van der Waals surface area contributed by atoms with E-state index in [1.165, 1.54) is 6.07 Å². The van der Waals surface area contributed by atoms with Crippen LogP contribution in [0.15, 0.2) is 18.2 Å². The van der Waals surface area contributed by atoms with E-state index in [9.17, 15) is 18.4 Å². The minimum atomic E-state index is -0.745. The fourth-order valence-electron chi connectivity index (χ4n) is 3.19. The van der Waals surface area contributed by atoms with Crippen molar-refractivity contribution in [1.82, 2.24) is 10.2 Å². The first-order valence-corrected chi connectivity index (χ1v) is 9.62. The molecule has 27 heavy (non-hydrogen) atoms. The molecule has 5 nitrogen and oxygen atoms in total. The third-order valence-corrected chi connectivity index (χ3v) is 4.62. The molecule has 0 spiro atoms. The van der Waals surface area contributed by atoms with Crippen molar-refractivity contribution >= 4 is 11.8 Å². The largest absolute Gasteiger partial charge is 0.491 e. The van der Waals surface area contributed by atoms with E-state index in [0.29, 0.717) is 32.4 Å². The van der Waals surface area contributed by atoms with Crippen molar-refractivity contribution in [3.8, 4) is 5.75 Å². The minimum Gasteiger partial charge on any atom is -0.491 e. The van der Waals surface area contributed by atoms with E-state index >= 15 is 0 Å². The lowest BCUT2D eigenvalue weighted by molar-refractivity contribution is -0.133. The number of hydrogen-bond acceptors (Lipinski definition) is 3. The number of nitrogens with one attached hydrogen (secondary N) is 1. The van der Waals surface area contributed by atoms with Crippen molar-refractivity contribution in [2.24, 2.45) is 5.92 Å². The first-order valence-electron chi connectivity index (χ1n) is 9.62. The van der Waals surface area contributed by atoms with Crippen LogP contribution in [-0.4, -0.2) is 43.0 Å². The van der Waals surface area contributed by atoms with Crippen LogP contribution in [-0.2, 0) is 9.59 Å². The number of likely N-dealkylation sites (tertiary alicyclic amines) is 1. The van der Waals surface area contributed by atoms with Crippen LogP contribution in [0, 0.1) is 17.6 Å². The summed E-state index contributed by atoms with van der Waals surface area (Å²) in [5.41, 5.74) is 0. The van der Waals surface area contributed by atoms with Gasteiger partial charge in [0.25, 0.3) is 0 Å². The molecule has 1 atom stereocenters. The number of amides is 2. The second-order valence-electron chi connectivity index (χ2n) is 6.93. The van der Waals surface area contributed by atoms with E-state index < -0.39 is 11.6 Å². The quantitative estimate of drug-likeness (QED) is 0.667. The average Bonchev–Trinajstić information content (AvgIpc) is 2.65. The highest BCUT2D eigenvalue weighted by atomic mass is 19.1. The van der Waals surface area contributed by atoms with Crippen LogP contribution < -0.4 is 10.1 Å². The Labute approximate surface area is 159 Å². The van der Waals surface area contributed by atoms with Crippen molar-refractivity contribution in [3.63, 3.8) is 0 Å². The number of ether oxygens (including phenoxy) is 1. The molecule has 1 saturated heterocycles. The molecule has 0 bridgehead atoms. The number of benzene rings is 1. The number of hydrogen-bond donors (Lipinski definition) is 1. The predicted molar refractivity (Wildman–Crippen MR) is 98.3 cm³/mol. The number of halogens is 2. The van der Waals surface area contributed by atoms with Crippen molar-refractivity contribution in [2.75, 3.05) is 26.2 Å². The fourth-order valence-corrected chi connectivity index (χ4v) is 3.19. The van der Waals surface area contributed by atoms with Gasteiger partial charge in [-0.15, -0.1) is 0 Å². The summed E-state index contributed by atoms with van der Waals surface area (Å²) in [4.78, 5) is 25.8. The Balaban J connectivity index is 1.68. The van der Waals surface area contributed by atoms with Gasteiger partial charge in [0.05, 0.1) is 6.61 Å². The van der Waals surface area contributed by atoms with Gasteiger partial charge in [0, 0.05) is 38.5 Å². The molecular formula is C20H28F2N2O3. The van der Waals surface area contributed by atoms with Gasteiger partial charge in [-0.25, -0.2) is 8.78 Å². The van der Waals surface area contributed by atoms with E-state index in [4.69, 9.17) is 4.74 Å². The summed E-state index contributed by atoms with van der Waals surface area (Å²) in [6.45, 7) is 4.15. The van der Waals surface area contributed by atoms with Gasteiger partial charge in [-0.1, -0.05) is 6.92 Å². The summed E-state index contributed by atoms with van der Waals surface area (Å²) in [5, 5.41) is 2.93. The van der Waals surface area contributed by atoms with Crippen LogP contribution in [0.25, 0.3) is 0 Å². The molecule has 1 aliphatic heterocycles. The lowest BCUT2D eigenvalue weighted by atomic mass is 9.97. The monoisotopic (exact) mass is 382 g/mol. The Kier molecular flexibility index (Phi) is 8.48. The Hall–Kier alpha value is -2.18. The smallest absolute Gasteiger partial charge is 0.222 e. The minimum absolute atomic E-state index is 0.00953. The van der Waals surface area contributed by atoms with Crippen LogP contribution in [0.2, 0.25) is 0 Å². The topological polar surface area (TPSA) is 58.6 Å². The van der Waals surface area contributed by atoms with Gasteiger partial charge in [0.2, 0.25) is 11.8 Å². The molecule has 0 aliphatic carbocycles. The normalized spacial score (nSPS) is 16.9. The van der Waals surface area contributed by atoms with Gasteiger partial charge in [-0.3, -0.25) is 9.59 Å². The Bertz CT molecular complexity index is 640. The van der Waals surface area contributed by atoms with Gasteiger partial charge >= 0.3 is 0 Å². The number of carbonyl (C=O) groups is 2. The maximum absolute atomic E-state index is 13.5. The summed E-state index contributed by atoms with van der Waals surface area (Å²) in [5.74, 6) is -1.02. The molecule has 1 unspecified atom stereocenters. The molecule has 1 aliphatic rings. The molecule has 150 valence electrons. The SMILES string of the molecule is CCCC(=O)NCC1CCCN(C(=O)CCCOc2ccc(F)cc2F)C1. The third-order valence-electron chi connectivity index (χ3n) is 4.62. The number of carbonyl (C=O) groups excluding carboxylic acids is 2. The van der Waals surface area contributed by atoms with Crippen LogP contribution in [0.4, 0.5) is 8.78 Å². The number of nitrogens with zero attached hydrogens (tertiary/aromatic N) is 1. The first-order chi connectivity index (χ1) is 13.0. The summed E-state index contributed by atoms with van der Waals surface area (Å²) >= 11 is 0. The predicted octanol–water partition coefficient (Wildman–Crippen LogP) is 3.28. The summed E-state index contributed by atoms with van der Waals surface area (Å²) in [6.07, 6.45) is 4.07. The molecule has 0 radical (unpaired) electrons. The van der Waals surface area contributed by atoms with Crippen molar-refractivity contribution in [2.45, 2.75) is 45.4 Å². The zero-order valence-corrected chi connectivity index (χ0v) is 15.8. The summed E-state index contributed by atoms with van der Waals surface area (Å²) < 4.78 is 31.6. The lowest BCUT2D eigenvalue weighted by Gasteiger charge is -2.33. The highest BCUT2D eigenvalue weighted by molar-refractivity contribution is 5.76. The van der Waals surface area contributed by atoms with Crippen molar-refractivity contribution in [3.05, 3.63) is 29.8 Å². The molecule has 1 N–H and O–H groups in total. The van der Waals surface area contributed by atoms with Gasteiger partial charge in [0.1, 0.15) is 5.82 Å². The second kappa shape index (κ2) is 10.8. The molecule has 1 fully saturated rings. The molecule has 1 heterocycles. The average molecular weight is 382 g/mol. The van der Waals surface area contributed by atoms with E-state index in [0.717, 1.165) is 37.9 Å². The van der Waals surface area contributed by atoms with Crippen LogP contribution >= 0.6 is 0 Å². The first kappa shape index (κ1) is 21.1. The highest BCUT2D eigenvalue weighted by Crippen LogP contribution is 2.19. The second-order valence-corrected chi connectivity index (χ2v) is 6.93. The molecule has 7 heteroatoms. The van der Waals surface area contributed by atoms with E-state index in [-0.39, 0.29) is 30.1 Å². The van der Waals surface area contributed by atoms with Crippen LogP contribution in [0.3, 0.4) is 0 Å². The van der Waals surface area contributed by atoms with Crippen LogP contribution in [0.1, 0.15) is 45.4 Å². The highest BCUT2D eigenvalue weighted by Gasteiger charge is 2.23. The molecule has 1 aromatic carbocycles. The Morgan fingerprint density at radius 2 is 2.11 bits per heavy atom. The molecule has 0 saturated carbocycles. The molecule has 0 aromatic heterocycles. The molecule has 2 amide bonds. The van der Waals surface area contributed by atoms with Gasteiger partial charge < -0.3 is 15.0 Å². The Morgan fingerprint density at radius 3 is 2.85 bits per heavy atom. The standard InChI is InChI=1S/C20H28F2N2O3/c1-2-5-19(25)23-13-15-6-3-10-24(14-15)20(26)7-4-11-27-18-9-8-16(21)12-17(18)22/h8-9,12,15H,2-7,10-11,13-14H2,1H3,(H,23,25).